The Morgan fingerprint density at radius 3 is 1.14 bits per heavy atom. The maximum atomic E-state index is 8.74. The van der Waals surface area contributed by atoms with E-state index < -0.39 is 10.4 Å². The van der Waals surface area contributed by atoms with Gasteiger partial charge in [-0.15, -0.1) is 0 Å². The molecule has 0 aliphatic heterocycles. The standard InChI is InChI=1S/Ni.H2O4S.Zr/c;1-5(2,3)4;/h;(H2,1,2,3,4);. The van der Waals surface area contributed by atoms with E-state index in [4.69, 9.17) is 17.5 Å². The number of hydrogen-bond donors (Lipinski definition) is 2. The molecule has 0 spiro atoms. The van der Waals surface area contributed by atoms with Gasteiger partial charge in [0.05, 0.1) is 0 Å². The third-order valence-electron chi connectivity index (χ3n) is 0. The first-order valence-corrected chi connectivity index (χ1v) is 2.10. The van der Waals surface area contributed by atoms with E-state index in [-0.39, 0.29) is 42.7 Å². The average molecular weight is 248 g/mol. The molecule has 0 unspecified atom stereocenters. The van der Waals surface area contributed by atoms with Crippen molar-refractivity contribution in [3.63, 3.8) is 0 Å². The molecule has 0 rings (SSSR count). The van der Waals surface area contributed by atoms with E-state index in [0.29, 0.717) is 0 Å². The van der Waals surface area contributed by atoms with E-state index in [2.05, 4.69) is 0 Å². The van der Waals surface area contributed by atoms with Crippen molar-refractivity contribution in [3.05, 3.63) is 0 Å². The Balaban J connectivity index is -0.0000000800. The van der Waals surface area contributed by atoms with E-state index in [0.717, 1.165) is 0 Å². The van der Waals surface area contributed by atoms with Gasteiger partial charge in [-0.3, -0.25) is 9.11 Å². The Bertz CT molecular complexity index is 94.9. The van der Waals surface area contributed by atoms with Crippen molar-refractivity contribution in [2.24, 2.45) is 0 Å². The molecular formula is H2NiO4SZr. The van der Waals surface area contributed by atoms with Gasteiger partial charge in [0.15, 0.2) is 0 Å². The van der Waals surface area contributed by atoms with Crippen molar-refractivity contribution in [3.8, 4) is 0 Å². The molecule has 0 aromatic rings. The van der Waals surface area contributed by atoms with Crippen molar-refractivity contribution in [2.75, 3.05) is 0 Å². The fourth-order valence-corrected chi connectivity index (χ4v) is 0. The first kappa shape index (κ1) is 15.7. The summed E-state index contributed by atoms with van der Waals surface area (Å²) < 4.78 is 31.6. The van der Waals surface area contributed by atoms with Gasteiger partial charge in [-0.25, -0.2) is 0 Å². The molecule has 0 saturated heterocycles. The zero-order chi connectivity index (χ0) is 4.50. The molecule has 0 amide bonds. The zero-order valence-corrected chi connectivity index (χ0v) is 7.20. The van der Waals surface area contributed by atoms with Crippen LogP contribution in [0.5, 0.6) is 0 Å². The Labute approximate surface area is 70.3 Å². The third kappa shape index (κ3) is 128. The van der Waals surface area contributed by atoms with Crippen molar-refractivity contribution in [1.82, 2.24) is 0 Å². The molecule has 0 radical (unpaired) electrons. The minimum Gasteiger partial charge on any atom is -0.264 e. The number of rotatable bonds is 0. The van der Waals surface area contributed by atoms with Gasteiger partial charge in [-0.1, -0.05) is 0 Å². The van der Waals surface area contributed by atoms with E-state index in [1.54, 1.807) is 0 Å². The van der Waals surface area contributed by atoms with Crippen molar-refractivity contribution in [1.29, 1.82) is 0 Å². The zero-order valence-electron chi connectivity index (χ0n) is 2.94. The van der Waals surface area contributed by atoms with Crippen LogP contribution in [0.4, 0.5) is 0 Å². The van der Waals surface area contributed by atoms with Gasteiger partial charge >= 0.3 is 10.4 Å². The van der Waals surface area contributed by atoms with Gasteiger partial charge in [0.1, 0.15) is 0 Å². The van der Waals surface area contributed by atoms with Crippen LogP contribution < -0.4 is 0 Å². The molecule has 0 atom stereocenters. The van der Waals surface area contributed by atoms with Gasteiger partial charge < -0.3 is 0 Å². The number of hydrogen-bond acceptors (Lipinski definition) is 2. The largest absolute Gasteiger partial charge is 0.394 e. The molecule has 0 fully saturated rings. The van der Waals surface area contributed by atoms with Crippen molar-refractivity contribution >= 4 is 10.4 Å². The maximum Gasteiger partial charge on any atom is 0.394 e. The summed E-state index contributed by atoms with van der Waals surface area (Å²) in [5, 5.41) is 0. The summed E-state index contributed by atoms with van der Waals surface area (Å²) in [6.45, 7) is 0. The quantitative estimate of drug-likeness (QED) is 0.441. The van der Waals surface area contributed by atoms with Gasteiger partial charge in [0.25, 0.3) is 0 Å². The van der Waals surface area contributed by atoms with Crippen LogP contribution in [0, 0.1) is 0 Å². The van der Waals surface area contributed by atoms with Crippen LogP contribution in [0.3, 0.4) is 0 Å². The van der Waals surface area contributed by atoms with E-state index in [1.165, 1.54) is 0 Å². The predicted molar refractivity (Wildman–Crippen MR) is 14.2 cm³/mol. The second-order valence-corrected chi connectivity index (χ2v) is 1.34. The van der Waals surface area contributed by atoms with E-state index >= 15 is 0 Å². The molecule has 0 aliphatic carbocycles. The first-order chi connectivity index (χ1) is 2.00. The third-order valence-corrected chi connectivity index (χ3v) is 0. The molecule has 0 aromatic heterocycles. The van der Waals surface area contributed by atoms with Crippen molar-refractivity contribution in [2.45, 2.75) is 0 Å². The minimum absolute atomic E-state index is 0. The van der Waals surface area contributed by atoms with Crippen LogP contribution >= 0.6 is 0 Å². The van der Waals surface area contributed by atoms with Crippen LogP contribution in [0.2, 0.25) is 0 Å². The molecule has 2 N–H and O–H groups in total. The summed E-state index contributed by atoms with van der Waals surface area (Å²) >= 11 is 0. The normalized spacial score (nSPS) is 8.29. The van der Waals surface area contributed by atoms with E-state index in [1.807, 2.05) is 0 Å². The summed E-state index contributed by atoms with van der Waals surface area (Å²) in [6, 6.07) is 0. The summed E-state index contributed by atoms with van der Waals surface area (Å²) in [4.78, 5) is 0. The molecule has 7 heavy (non-hydrogen) atoms. The topological polar surface area (TPSA) is 74.6 Å². The summed E-state index contributed by atoms with van der Waals surface area (Å²) in [6.07, 6.45) is 0. The SMILES string of the molecule is O=S(=O)(O)O.[Ni].[Zr]. The fourth-order valence-electron chi connectivity index (χ4n) is 0. The van der Waals surface area contributed by atoms with Crippen molar-refractivity contribution < 1.29 is 60.2 Å². The Morgan fingerprint density at radius 2 is 1.14 bits per heavy atom. The molecule has 0 bridgehead atoms. The van der Waals surface area contributed by atoms with E-state index in [9.17, 15) is 0 Å². The second-order valence-electron chi connectivity index (χ2n) is 0.448. The van der Waals surface area contributed by atoms with Gasteiger partial charge in [-0.2, -0.15) is 8.42 Å². The minimum atomic E-state index is -4.67. The van der Waals surface area contributed by atoms with Crippen LogP contribution in [-0.2, 0) is 53.1 Å². The molecule has 7 heteroatoms. The monoisotopic (exact) mass is 246 g/mol. The predicted octanol–water partition coefficient (Wildman–Crippen LogP) is -0.658. The van der Waals surface area contributed by atoms with Gasteiger partial charge in [0.2, 0.25) is 0 Å². The van der Waals surface area contributed by atoms with Crippen LogP contribution in [0.1, 0.15) is 0 Å². The Morgan fingerprint density at radius 1 is 1.14 bits per heavy atom. The summed E-state index contributed by atoms with van der Waals surface area (Å²) in [5.41, 5.74) is 0. The Kier molecular flexibility index (Phi) is 12.1. The maximum absolute atomic E-state index is 8.74. The Hall–Kier alpha value is 1.25. The summed E-state index contributed by atoms with van der Waals surface area (Å²) in [5.74, 6) is 0. The molecule has 0 saturated carbocycles. The van der Waals surface area contributed by atoms with Crippen LogP contribution in [0.15, 0.2) is 0 Å². The smallest absolute Gasteiger partial charge is 0.264 e. The fraction of sp³-hybridized carbons (Fsp3) is 0. The molecule has 4 nitrogen and oxygen atoms in total. The molecule has 0 aromatic carbocycles. The molecule has 0 heterocycles. The first-order valence-electron chi connectivity index (χ1n) is 0.698. The molecule has 46 valence electrons. The average Bonchev–Trinajstić information content (AvgIpc) is 0.722. The van der Waals surface area contributed by atoms with Gasteiger partial charge in [0, 0.05) is 42.7 Å². The van der Waals surface area contributed by atoms with Gasteiger partial charge in [-0.05, 0) is 0 Å². The second kappa shape index (κ2) is 5.38. The molecule has 0 aliphatic rings. The van der Waals surface area contributed by atoms with Crippen LogP contribution in [0.25, 0.3) is 0 Å². The van der Waals surface area contributed by atoms with Crippen LogP contribution in [-0.4, -0.2) is 17.5 Å². The molecular weight excluding hydrogens is 246 g/mol. The summed E-state index contributed by atoms with van der Waals surface area (Å²) in [7, 11) is -4.67.